The van der Waals surface area contributed by atoms with Crippen molar-refractivity contribution < 1.29 is 38.9 Å². The minimum atomic E-state index is -4.60. The van der Waals surface area contributed by atoms with Crippen LogP contribution in [0.3, 0.4) is 0 Å². The lowest BCUT2D eigenvalue weighted by molar-refractivity contribution is 0.481. The Morgan fingerprint density at radius 2 is 0.917 bits per heavy atom. The van der Waals surface area contributed by atoms with Gasteiger partial charge in [-0.25, -0.2) is 9.97 Å². The number of aromatic amines is 2. The smallest absolute Gasteiger partial charge is 0.294 e. The highest BCUT2D eigenvalue weighted by molar-refractivity contribution is 7.86. The van der Waals surface area contributed by atoms with E-state index in [2.05, 4.69) is 15.0 Å². The van der Waals surface area contributed by atoms with Crippen LogP contribution in [0.2, 0.25) is 0 Å². The van der Waals surface area contributed by atoms with E-state index in [0.717, 1.165) is 16.6 Å². The molecule has 0 spiro atoms. The molecule has 5 N–H and O–H groups in total. The highest BCUT2D eigenvalue weighted by Gasteiger charge is 2.26. The molecule has 0 amide bonds. The van der Waals surface area contributed by atoms with Crippen LogP contribution in [0.5, 0.6) is 0 Å². The SMILES string of the molecule is O=S(=O)(O)c1ccc(-c2c(-c3ccc(S(=O)(=O)O)cc3)c3[nH]c2cc2nc(cc4ccc(cc5nc(c3-c3ccc(S(=O)(=O)O)cc3)C(c3ccncc3)=C5)[nH]4)C=C2)cc1. The molecular formula is C43H29N5O9S3. The van der Waals surface area contributed by atoms with Crippen LogP contribution >= 0.6 is 0 Å². The normalized spacial score (nSPS) is 13.0. The van der Waals surface area contributed by atoms with Crippen molar-refractivity contribution in [2.24, 2.45) is 0 Å². The molecule has 7 aromatic rings. The van der Waals surface area contributed by atoms with Gasteiger partial charge >= 0.3 is 0 Å². The lowest BCUT2D eigenvalue weighted by atomic mass is 9.91. The summed E-state index contributed by atoms with van der Waals surface area (Å²) >= 11 is 0. The fourth-order valence-electron chi connectivity index (χ4n) is 7.26. The van der Waals surface area contributed by atoms with Crippen LogP contribution in [-0.4, -0.2) is 63.8 Å². The number of nitrogens with one attached hydrogen (secondary N) is 2. The third kappa shape index (κ3) is 7.48. The Kier molecular flexibility index (Phi) is 9.31. The first-order chi connectivity index (χ1) is 28.6. The van der Waals surface area contributed by atoms with E-state index in [9.17, 15) is 38.9 Å². The van der Waals surface area contributed by atoms with Gasteiger partial charge in [0.15, 0.2) is 0 Å². The summed E-state index contributed by atoms with van der Waals surface area (Å²) in [6, 6.07) is 29.6. The molecule has 8 bridgehead atoms. The fraction of sp³-hybridized carbons (Fsp3) is 0. The molecule has 2 aliphatic rings. The van der Waals surface area contributed by atoms with Gasteiger partial charge in [0, 0.05) is 51.2 Å². The van der Waals surface area contributed by atoms with Crippen LogP contribution in [0.15, 0.2) is 142 Å². The second kappa shape index (κ2) is 14.5. The van der Waals surface area contributed by atoms with Gasteiger partial charge in [-0.15, -0.1) is 0 Å². The molecule has 0 atom stereocenters. The van der Waals surface area contributed by atoms with Gasteiger partial charge in [-0.2, -0.15) is 25.3 Å². The monoisotopic (exact) mass is 855 g/mol. The van der Waals surface area contributed by atoms with E-state index >= 15 is 0 Å². The van der Waals surface area contributed by atoms with Crippen molar-refractivity contribution in [3.8, 4) is 33.4 Å². The van der Waals surface area contributed by atoms with Crippen LogP contribution in [-0.2, 0) is 30.4 Å². The van der Waals surface area contributed by atoms with Crippen molar-refractivity contribution in [3.05, 3.63) is 156 Å². The lowest BCUT2D eigenvalue weighted by Gasteiger charge is -2.13. The van der Waals surface area contributed by atoms with Gasteiger partial charge in [0.2, 0.25) is 0 Å². The van der Waals surface area contributed by atoms with Crippen molar-refractivity contribution >= 4 is 76.2 Å². The van der Waals surface area contributed by atoms with Crippen molar-refractivity contribution in [2.45, 2.75) is 14.7 Å². The van der Waals surface area contributed by atoms with Gasteiger partial charge in [-0.3, -0.25) is 18.6 Å². The predicted octanol–water partition coefficient (Wildman–Crippen LogP) is 8.21. The summed E-state index contributed by atoms with van der Waals surface area (Å²) in [6.07, 6.45) is 8.83. The topological polar surface area (TPSA) is 233 Å². The van der Waals surface area contributed by atoms with Gasteiger partial charge in [-0.1, -0.05) is 36.4 Å². The van der Waals surface area contributed by atoms with Crippen molar-refractivity contribution in [1.29, 1.82) is 0 Å². The summed E-state index contributed by atoms with van der Waals surface area (Å²) in [4.78, 5) is 20.1. The summed E-state index contributed by atoms with van der Waals surface area (Å²) in [7, 11) is -13.8. The first kappa shape index (κ1) is 38.6. The van der Waals surface area contributed by atoms with Crippen molar-refractivity contribution in [3.63, 3.8) is 0 Å². The molecule has 298 valence electrons. The van der Waals surface area contributed by atoms with Gasteiger partial charge in [0.05, 0.1) is 43.0 Å². The highest BCUT2D eigenvalue weighted by atomic mass is 32.2. The molecule has 0 fully saturated rings. The number of hydrogen-bond acceptors (Lipinski definition) is 9. The molecule has 60 heavy (non-hydrogen) atoms. The van der Waals surface area contributed by atoms with Crippen LogP contribution in [0.1, 0.15) is 28.3 Å². The molecule has 0 radical (unpaired) electrons. The van der Waals surface area contributed by atoms with Crippen molar-refractivity contribution in [2.75, 3.05) is 0 Å². The van der Waals surface area contributed by atoms with E-state index < -0.39 is 30.4 Å². The molecule has 4 aromatic heterocycles. The van der Waals surface area contributed by atoms with Crippen LogP contribution < -0.4 is 0 Å². The number of pyridine rings is 1. The van der Waals surface area contributed by atoms with Gasteiger partial charge in [0.25, 0.3) is 30.4 Å². The molecule has 0 unspecified atom stereocenters. The number of rotatable bonds is 7. The zero-order valence-corrected chi connectivity index (χ0v) is 33.2. The second-order valence-electron chi connectivity index (χ2n) is 13.8. The van der Waals surface area contributed by atoms with E-state index in [1.54, 1.807) is 18.5 Å². The van der Waals surface area contributed by atoms with Gasteiger partial charge in [0.1, 0.15) is 0 Å². The first-order valence-corrected chi connectivity index (χ1v) is 22.2. The molecule has 0 saturated heterocycles. The van der Waals surface area contributed by atoms with Gasteiger partial charge in [-0.05, 0) is 119 Å². The molecule has 6 heterocycles. The average Bonchev–Trinajstić information content (AvgIpc) is 4.02. The number of nitrogens with zero attached hydrogens (tertiary/aromatic N) is 3. The van der Waals surface area contributed by atoms with E-state index in [-0.39, 0.29) is 14.7 Å². The lowest BCUT2D eigenvalue weighted by Crippen LogP contribution is -1.98. The predicted molar refractivity (Wildman–Crippen MR) is 227 cm³/mol. The first-order valence-electron chi connectivity index (χ1n) is 17.9. The Bertz CT molecular complexity index is 3470. The Balaban J connectivity index is 1.52. The zero-order valence-electron chi connectivity index (χ0n) is 30.7. The third-order valence-electron chi connectivity index (χ3n) is 9.93. The molecule has 3 aromatic carbocycles. The molecule has 9 rings (SSSR count). The number of fused-ring (bicyclic) bond motifs is 8. The zero-order chi connectivity index (χ0) is 42.0. The van der Waals surface area contributed by atoms with E-state index in [0.29, 0.717) is 72.8 Å². The summed E-state index contributed by atoms with van der Waals surface area (Å²) in [5, 5.41) is 0. The minimum Gasteiger partial charge on any atom is -0.355 e. The Hall–Kier alpha value is -6.86. The van der Waals surface area contributed by atoms with Crippen LogP contribution in [0.4, 0.5) is 0 Å². The molecule has 2 aliphatic heterocycles. The summed E-state index contributed by atoms with van der Waals surface area (Å²) < 4.78 is 103. The molecule has 0 aliphatic carbocycles. The van der Waals surface area contributed by atoms with E-state index in [4.69, 9.17) is 9.97 Å². The summed E-state index contributed by atoms with van der Waals surface area (Å²) in [6.45, 7) is 0. The maximum Gasteiger partial charge on any atom is 0.294 e. The maximum atomic E-state index is 12.2. The fourth-order valence-corrected chi connectivity index (χ4v) is 8.70. The number of aromatic nitrogens is 5. The number of H-pyrrole nitrogens is 2. The summed E-state index contributed by atoms with van der Waals surface area (Å²) in [5.41, 5.74) is 8.73. The molecular weight excluding hydrogens is 827 g/mol. The largest absolute Gasteiger partial charge is 0.355 e. The average molecular weight is 856 g/mol. The van der Waals surface area contributed by atoms with E-state index in [1.165, 1.54) is 72.8 Å². The number of hydrogen-bond donors (Lipinski definition) is 5. The third-order valence-corrected chi connectivity index (χ3v) is 12.5. The standard InChI is InChI=1S/C43H29N5O9S3/c49-58(50,51)34-11-1-26(2-12-34)39-38-24-32-10-9-30(46-32)21-29-7-8-31(45-29)22-33-23-37(25-17-19-44-20-18-25)42(47-33)41(28-5-15-36(16-6-28)60(55,56)57)43(48-38)40(39)27-3-13-35(14-4-27)59(52,53)54/h1-24,45,48H,(H,49,50,51)(H,52,53,54)(H,55,56,57). The van der Waals surface area contributed by atoms with E-state index in [1.807, 2.05) is 54.6 Å². The Morgan fingerprint density at radius 1 is 0.450 bits per heavy atom. The summed E-state index contributed by atoms with van der Waals surface area (Å²) in [5.74, 6) is 0. The minimum absolute atomic E-state index is 0.347. The highest BCUT2D eigenvalue weighted by Crippen LogP contribution is 2.46. The number of benzene rings is 3. The Morgan fingerprint density at radius 3 is 1.43 bits per heavy atom. The van der Waals surface area contributed by atoms with Crippen LogP contribution in [0.25, 0.3) is 79.2 Å². The second-order valence-corrected chi connectivity index (χ2v) is 18.1. The Labute approximate surface area is 342 Å². The molecule has 17 heteroatoms. The van der Waals surface area contributed by atoms with Crippen molar-refractivity contribution in [1.82, 2.24) is 24.9 Å². The van der Waals surface area contributed by atoms with Crippen LogP contribution in [0, 0.1) is 0 Å². The maximum absolute atomic E-state index is 12.2. The molecule has 14 nitrogen and oxygen atoms in total. The van der Waals surface area contributed by atoms with Gasteiger partial charge < -0.3 is 9.97 Å². The molecule has 0 saturated carbocycles. The quantitative estimate of drug-likeness (QED) is 0.0955.